The maximum atomic E-state index is 11.4. The van der Waals surface area contributed by atoms with E-state index in [-0.39, 0.29) is 5.97 Å². The third-order valence-corrected chi connectivity index (χ3v) is 3.79. The monoisotopic (exact) mass is 313 g/mol. The summed E-state index contributed by atoms with van der Waals surface area (Å²) in [5.41, 5.74) is 1.29. The standard InChI is InChI=1S/C16H19N5O2/c1-23-15(22)12-5-7-13(8-6-12)18-16-19-14(11-17-20-16)21-9-3-2-4-10-21/h5-8,11H,2-4,9-10H2,1H3,(H,18,19,20). The van der Waals surface area contributed by atoms with Crippen molar-refractivity contribution in [1.82, 2.24) is 15.2 Å². The van der Waals surface area contributed by atoms with Crippen LogP contribution in [0.4, 0.5) is 17.5 Å². The van der Waals surface area contributed by atoms with Crippen LogP contribution in [0.2, 0.25) is 0 Å². The Morgan fingerprint density at radius 2 is 1.91 bits per heavy atom. The first-order chi connectivity index (χ1) is 11.3. The first-order valence-electron chi connectivity index (χ1n) is 7.66. The van der Waals surface area contributed by atoms with Crippen molar-refractivity contribution in [3.63, 3.8) is 0 Å². The van der Waals surface area contributed by atoms with E-state index in [1.807, 2.05) is 0 Å². The van der Waals surface area contributed by atoms with E-state index in [2.05, 4.69) is 30.1 Å². The van der Waals surface area contributed by atoms with Crippen LogP contribution in [0.5, 0.6) is 0 Å². The zero-order chi connectivity index (χ0) is 16.1. The van der Waals surface area contributed by atoms with Crippen molar-refractivity contribution in [2.75, 3.05) is 30.4 Å². The second-order valence-corrected chi connectivity index (χ2v) is 5.38. The number of carbonyl (C=O) groups is 1. The molecule has 1 aromatic heterocycles. The SMILES string of the molecule is COC(=O)c1ccc(Nc2nncc(N3CCCCC3)n2)cc1. The van der Waals surface area contributed by atoms with Crippen LogP contribution >= 0.6 is 0 Å². The molecule has 7 nitrogen and oxygen atoms in total. The van der Waals surface area contributed by atoms with Gasteiger partial charge in [0.05, 0.1) is 18.9 Å². The Morgan fingerprint density at radius 3 is 2.61 bits per heavy atom. The van der Waals surface area contributed by atoms with Crippen LogP contribution in [0.1, 0.15) is 29.6 Å². The molecule has 0 spiro atoms. The van der Waals surface area contributed by atoms with Gasteiger partial charge >= 0.3 is 5.97 Å². The Kier molecular flexibility index (Phi) is 4.65. The minimum absolute atomic E-state index is 0.360. The Balaban J connectivity index is 1.71. The van der Waals surface area contributed by atoms with Gasteiger partial charge in [-0.1, -0.05) is 0 Å². The lowest BCUT2D eigenvalue weighted by molar-refractivity contribution is 0.0601. The number of aromatic nitrogens is 3. The van der Waals surface area contributed by atoms with Gasteiger partial charge in [-0.05, 0) is 43.5 Å². The van der Waals surface area contributed by atoms with E-state index in [0.29, 0.717) is 11.5 Å². The summed E-state index contributed by atoms with van der Waals surface area (Å²) in [4.78, 5) is 18.2. The number of rotatable bonds is 4. The number of nitrogens with one attached hydrogen (secondary N) is 1. The van der Waals surface area contributed by atoms with Crippen LogP contribution < -0.4 is 10.2 Å². The molecule has 0 bridgehead atoms. The van der Waals surface area contributed by atoms with Crippen molar-refractivity contribution >= 4 is 23.4 Å². The molecular weight excluding hydrogens is 294 g/mol. The molecule has 0 aliphatic carbocycles. The van der Waals surface area contributed by atoms with Gasteiger partial charge in [0.2, 0.25) is 5.95 Å². The minimum Gasteiger partial charge on any atom is -0.465 e. The second kappa shape index (κ2) is 7.04. The fraction of sp³-hybridized carbons (Fsp3) is 0.375. The summed E-state index contributed by atoms with van der Waals surface area (Å²) in [6, 6.07) is 6.94. The second-order valence-electron chi connectivity index (χ2n) is 5.38. The van der Waals surface area contributed by atoms with Crippen molar-refractivity contribution in [2.45, 2.75) is 19.3 Å². The molecule has 1 aliphatic rings. The third kappa shape index (κ3) is 3.74. The zero-order valence-electron chi connectivity index (χ0n) is 13.0. The average molecular weight is 313 g/mol. The topological polar surface area (TPSA) is 80.2 Å². The molecule has 1 aromatic carbocycles. The first-order valence-corrected chi connectivity index (χ1v) is 7.66. The number of esters is 1. The fourth-order valence-electron chi connectivity index (χ4n) is 2.56. The average Bonchev–Trinajstić information content (AvgIpc) is 2.63. The van der Waals surface area contributed by atoms with Gasteiger partial charge < -0.3 is 15.0 Å². The third-order valence-electron chi connectivity index (χ3n) is 3.79. The Labute approximate surface area is 134 Å². The molecule has 0 atom stereocenters. The van der Waals surface area contributed by atoms with Gasteiger partial charge in [-0.2, -0.15) is 10.1 Å². The maximum Gasteiger partial charge on any atom is 0.337 e. The molecule has 0 saturated carbocycles. The molecule has 120 valence electrons. The largest absolute Gasteiger partial charge is 0.465 e. The number of hydrogen-bond donors (Lipinski definition) is 1. The van der Waals surface area contributed by atoms with E-state index in [1.54, 1.807) is 30.5 Å². The summed E-state index contributed by atoms with van der Waals surface area (Å²) in [6.45, 7) is 2.01. The van der Waals surface area contributed by atoms with Gasteiger partial charge in [-0.25, -0.2) is 4.79 Å². The van der Waals surface area contributed by atoms with Crippen LogP contribution in [-0.2, 0) is 4.74 Å². The molecule has 3 rings (SSSR count). The van der Waals surface area contributed by atoms with Crippen molar-refractivity contribution in [3.8, 4) is 0 Å². The van der Waals surface area contributed by atoms with E-state index in [4.69, 9.17) is 0 Å². The van der Waals surface area contributed by atoms with Crippen LogP contribution in [0, 0.1) is 0 Å². The van der Waals surface area contributed by atoms with Crippen molar-refractivity contribution in [3.05, 3.63) is 36.0 Å². The first kappa shape index (κ1) is 15.2. The summed E-state index contributed by atoms with van der Waals surface area (Å²) in [5, 5.41) is 11.1. The van der Waals surface area contributed by atoms with E-state index in [0.717, 1.165) is 24.6 Å². The number of methoxy groups -OCH3 is 1. The van der Waals surface area contributed by atoms with Gasteiger partial charge in [0, 0.05) is 18.8 Å². The Hall–Kier alpha value is -2.70. The van der Waals surface area contributed by atoms with Crippen LogP contribution in [0.25, 0.3) is 0 Å². The highest BCUT2D eigenvalue weighted by Gasteiger charge is 2.13. The molecule has 23 heavy (non-hydrogen) atoms. The van der Waals surface area contributed by atoms with Gasteiger partial charge in [-0.3, -0.25) is 0 Å². The zero-order valence-corrected chi connectivity index (χ0v) is 13.0. The predicted molar refractivity (Wildman–Crippen MR) is 87.0 cm³/mol. The highest BCUT2D eigenvalue weighted by atomic mass is 16.5. The Morgan fingerprint density at radius 1 is 1.17 bits per heavy atom. The lowest BCUT2D eigenvalue weighted by Gasteiger charge is -2.27. The van der Waals surface area contributed by atoms with E-state index < -0.39 is 0 Å². The van der Waals surface area contributed by atoms with Crippen molar-refractivity contribution in [2.24, 2.45) is 0 Å². The van der Waals surface area contributed by atoms with E-state index in [9.17, 15) is 4.79 Å². The van der Waals surface area contributed by atoms with E-state index >= 15 is 0 Å². The molecule has 1 aliphatic heterocycles. The molecule has 0 amide bonds. The summed E-state index contributed by atoms with van der Waals surface area (Å²) >= 11 is 0. The molecule has 1 fully saturated rings. The van der Waals surface area contributed by atoms with Crippen LogP contribution in [0.15, 0.2) is 30.5 Å². The van der Waals surface area contributed by atoms with Gasteiger partial charge in [0.25, 0.3) is 0 Å². The highest BCUT2D eigenvalue weighted by molar-refractivity contribution is 5.89. The molecular formula is C16H19N5O2. The summed E-state index contributed by atoms with van der Waals surface area (Å²) in [5.74, 6) is 0.925. The van der Waals surface area contributed by atoms with Gasteiger partial charge in [0.1, 0.15) is 0 Å². The molecule has 7 heteroatoms. The molecule has 0 radical (unpaired) electrons. The summed E-state index contributed by atoms with van der Waals surface area (Å²) < 4.78 is 4.68. The fourth-order valence-corrected chi connectivity index (χ4v) is 2.56. The number of nitrogens with zero attached hydrogens (tertiary/aromatic N) is 4. The molecule has 2 aromatic rings. The highest BCUT2D eigenvalue weighted by Crippen LogP contribution is 2.19. The molecule has 1 saturated heterocycles. The van der Waals surface area contributed by atoms with Crippen molar-refractivity contribution in [1.29, 1.82) is 0 Å². The number of anilines is 3. The lowest BCUT2D eigenvalue weighted by atomic mass is 10.1. The Bertz CT molecular complexity index is 668. The number of hydrogen-bond acceptors (Lipinski definition) is 7. The predicted octanol–water partition coefficient (Wildman–Crippen LogP) is 2.39. The number of piperidine rings is 1. The quantitative estimate of drug-likeness (QED) is 0.868. The van der Waals surface area contributed by atoms with Crippen LogP contribution in [0.3, 0.4) is 0 Å². The minimum atomic E-state index is -0.360. The molecule has 2 heterocycles. The lowest BCUT2D eigenvalue weighted by Crippen LogP contribution is -2.30. The number of ether oxygens (including phenoxy) is 1. The van der Waals surface area contributed by atoms with Crippen LogP contribution in [-0.4, -0.2) is 41.3 Å². The smallest absolute Gasteiger partial charge is 0.337 e. The number of benzene rings is 1. The van der Waals surface area contributed by atoms with Gasteiger partial charge in [-0.15, -0.1) is 5.10 Å². The van der Waals surface area contributed by atoms with E-state index in [1.165, 1.54) is 26.4 Å². The van der Waals surface area contributed by atoms with Crippen molar-refractivity contribution < 1.29 is 9.53 Å². The normalized spacial score (nSPS) is 14.4. The number of carbonyl (C=O) groups excluding carboxylic acids is 1. The maximum absolute atomic E-state index is 11.4. The van der Waals surface area contributed by atoms with Gasteiger partial charge in [0.15, 0.2) is 5.82 Å². The molecule has 0 unspecified atom stereocenters. The summed E-state index contributed by atoms with van der Waals surface area (Å²) in [6.07, 6.45) is 5.33. The summed E-state index contributed by atoms with van der Waals surface area (Å²) in [7, 11) is 1.36. The molecule has 1 N–H and O–H groups in total.